The number of nitrogens with zero attached hydrogens (tertiary/aromatic N) is 1. The van der Waals surface area contributed by atoms with E-state index in [9.17, 15) is 0 Å². The predicted octanol–water partition coefficient (Wildman–Crippen LogP) is 1.77. The van der Waals surface area contributed by atoms with Crippen molar-refractivity contribution in [3.05, 3.63) is 66.0 Å². The SMILES string of the molecule is COCCC[NH2+][C@H](c1ccccc1)c1ccncc1. The van der Waals surface area contributed by atoms with Gasteiger partial charge in [-0.1, -0.05) is 30.3 Å². The first-order valence-electron chi connectivity index (χ1n) is 6.69. The lowest BCUT2D eigenvalue weighted by atomic mass is 9.99. The monoisotopic (exact) mass is 257 g/mol. The third kappa shape index (κ3) is 4.16. The molecule has 2 aromatic rings. The van der Waals surface area contributed by atoms with Gasteiger partial charge in [0.05, 0.1) is 13.2 Å². The maximum Gasteiger partial charge on any atom is 0.137 e. The number of benzene rings is 1. The zero-order valence-electron chi connectivity index (χ0n) is 11.3. The van der Waals surface area contributed by atoms with Gasteiger partial charge in [0.1, 0.15) is 6.04 Å². The van der Waals surface area contributed by atoms with E-state index in [1.807, 2.05) is 12.4 Å². The summed E-state index contributed by atoms with van der Waals surface area (Å²) in [4.78, 5) is 4.10. The molecule has 2 rings (SSSR count). The fourth-order valence-electron chi connectivity index (χ4n) is 2.21. The van der Waals surface area contributed by atoms with Gasteiger partial charge in [-0.05, 0) is 12.1 Å². The normalized spacial score (nSPS) is 12.3. The lowest BCUT2D eigenvalue weighted by Crippen LogP contribution is -2.85. The molecule has 0 spiro atoms. The zero-order chi connectivity index (χ0) is 13.3. The highest BCUT2D eigenvalue weighted by Crippen LogP contribution is 2.16. The minimum atomic E-state index is 0.334. The second-order valence-corrected chi connectivity index (χ2v) is 4.54. The first kappa shape index (κ1) is 13.7. The van der Waals surface area contributed by atoms with Crippen LogP contribution in [0.3, 0.4) is 0 Å². The summed E-state index contributed by atoms with van der Waals surface area (Å²) in [6, 6.07) is 15.1. The number of ether oxygens (including phenoxy) is 1. The lowest BCUT2D eigenvalue weighted by molar-refractivity contribution is -0.687. The van der Waals surface area contributed by atoms with Gasteiger partial charge in [0.25, 0.3) is 0 Å². The molecule has 3 nitrogen and oxygen atoms in total. The average Bonchev–Trinajstić information content (AvgIpc) is 2.49. The molecule has 1 aromatic carbocycles. The molecular weight excluding hydrogens is 236 g/mol. The third-order valence-corrected chi connectivity index (χ3v) is 3.18. The molecule has 19 heavy (non-hydrogen) atoms. The molecule has 1 aromatic heterocycles. The van der Waals surface area contributed by atoms with Crippen molar-refractivity contribution in [3.63, 3.8) is 0 Å². The Labute approximate surface area is 114 Å². The van der Waals surface area contributed by atoms with Gasteiger partial charge in [-0.25, -0.2) is 0 Å². The van der Waals surface area contributed by atoms with Crippen LogP contribution in [0, 0.1) is 0 Å². The first-order chi connectivity index (χ1) is 9.42. The van der Waals surface area contributed by atoms with Crippen LogP contribution in [0.5, 0.6) is 0 Å². The Hall–Kier alpha value is -1.71. The molecular formula is C16H21N2O+. The molecule has 0 aliphatic heterocycles. The molecule has 0 saturated heterocycles. The van der Waals surface area contributed by atoms with Crippen molar-refractivity contribution in [3.8, 4) is 0 Å². The number of methoxy groups -OCH3 is 1. The van der Waals surface area contributed by atoms with Gasteiger partial charge in [0, 0.05) is 37.1 Å². The van der Waals surface area contributed by atoms with Crippen LogP contribution in [-0.2, 0) is 4.74 Å². The Morgan fingerprint density at radius 3 is 2.42 bits per heavy atom. The minimum Gasteiger partial charge on any atom is -0.384 e. The summed E-state index contributed by atoms with van der Waals surface area (Å²) in [5.41, 5.74) is 2.62. The van der Waals surface area contributed by atoms with Gasteiger partial charge in [-0.15, -0.1) is 0 Å². The fraction of sp³-hybridized carbons (Fsp3) is 0.312. The van der Waals surface area contributed by atoms with E-state index >= 15 is 0 Å². The number of pyridine rings is 1. The van der Waals surface area contributed by atoms with Crippen molar-refractivity contribution in [2.75, 3.05) is 20.3 Å². The van der Waals surface area contributed by atoms with Crippen molar-refractivity contribution in [1.82, 2.24) is 4.98 Å². The highest BCUT2D eigenvalue weighted by molar-refractivity contribution is 5.27. The Morgan fingerprint density at radius 2 is 1.74 bits per heavy atom. The van der Waals surface area contributed by atoms with E-state index in [0.717, 1.165) is 19.6 Å². The first-order valence-corrected chi connectivity index (χ1v) is 6.69. The fourth-order valence-corrected chi connectivity index (χ4v) is 2.21. The van der Waals surface area contributed by atoms with Crippen LogP contribution in [-0.4, -0.2) is 25.2 Å². The Morgan fingerprint density at radius 1 is 1.05 bits per heavy atom. The van der Waals surface area contributed by atoms with Crippen LogP contribution in [0.15, 0.2) is 54.9 Å². The van der Waals surface area contributed by atoms with E-state index in [1.165, 1.54) is 11.1 Å². The van der Waals surface area contributed by atoms with Crippen LogP contribution >= 0.6 is 0 Å². The maximum atomic E-state index is 5.11. The molecule has 0 aliphatic rings. The Kier molecular flexibility index (Phi) is 5.53. The molecule has 0 bridgehead atoms. The summed E-state index contributed by atoms with van der Waals surface area (Å²) in [7, 11) is 1.75. The summed E-state index contributed by atoms with van der Waals surface area (Å²) in [5, 5.41) is 2.36. The van der Waals surface area contributed by atoms with Gasteiger partial charge in [0.15, 0.2) is 0 Å². The number of hydrogen-bond donors (Lipinski definition) is 1. The summed E-state index contributed by atoms with van der Waals surface area (Å²) in [5.74, 6) is 0. The predicted molar refractivity (Wildman–Crippen MR) is 75.8 cm³/mol. The van der Waals surface area contributed by atoms with E-state index < -0.39 is 0 Å². The molecule has 2 N–H and O–H groups in total. The van der Waals surface area contributed by atoms with Gasteiger partial charge in [-0.2, -0.15) is 0 Å². The summed E-state index contributed by atoms with van der Waals surface area (Å²) in [6.45, 7) is 1.87. The van der Waals surface area contributed by atoms with Crippen LogP contribution in [0.1, 0.15) is 23.6 Å². The third-order valence-electron chi connectivity index (χ3n) is 3.18. The number of quaternary nitrogens is 1. The summed E-state index contributed by atoms with van der Waals surface area (Å²) >= 11 is 0. The Bertz CT molecular complexity index is 419. The van der Waals surface area contributed by atoms with Gasteiger partial charge >= 0.3 is 0 Å². The van der Waals surface area contributed by atoms with Gasteiger partial charge in [-0.3, -0.25) is 4.98 Å². The van der Waals surface area contributed by atoms with Crippen LogP contribution in [0.4, 0.5) is 0 Å². The van der Waals surface area contributed by atoms with Crippen molar-refractivity contribution in [2.45, 2.75) is 12.5 Å². The molecule has 0 fully saturated rings. The van der Waals surface area contributed by atoms with Crippen molar-refractivity contribution >= 4 is 0 Å². The van der Waals surface area contributed by atoms with Crippen LogP contribution < -0.4 is 5.32 Å². The maximum absolute atomic E-state index is 5.11. The Balaban J connectivity index is 2.10. The largest absolute Gasteiger partial charge is 0.384 e. The molecule has 100 valence electrons. The van der Waals surface area contributed by atoms with E-state index in [0.29, 0.717) is 6.04 Å². The molecule has 1 atom stereocenters. The smallest absolute Gasteiger partial charge is 0.137 e. The molecule has 3 heteroatoms. The van der Waals surface area contributed by atoms with E-state index in [1.54, 1.807) is 7.11 Å². The highest BCUT2D eigenvalue weighted by atomic mass is 16.5. The van der Waals surface area contributed by atoms with Crippen molar-refractivity contribution < 1.29 is 10.1 Å². The summed E-state index contributed by atoms with van der Waals surface area (Å²) < 4.78 is 5.11. The molecule has 0 unspecified atom stereocenters. The topological polar surface area (TPSA) is 38.7 Å². The number of aromatic nitrogens is 1. The standard InChI is InChI=1S/C16H20N2O/c1-19-13-5-10-18-16(14-6-3-2-4-7-14)15-8-11-17-12-9-15/h2-4,6-9,11-12,16,18H,5,10,13H2,1H3/p+1/t16-/m1/s1. The molecule has 0 saturated carbocycles. The van der Waals surface area contributed by atoms with Crippen molar-refractivity contribution in [1.29, 1.82) is 0 Å². The van der Waals surface area contributed by atoms with E-state index in [-0.39, 0.29) is 0 Å². The number of rotatable bonds is 7. The molecule has 0 aliphatic carbocycles. The van der Waals surface area contributed by atoms with Crippen molar-refractivity contribution in [2.24, 2.45) is 0 Å². The zero-order valence-corrected chi connectivity index (χ0v) is 11.3. The van der Waals surface area contributed by atoms with E-state index in [2.05, 4.69) is 52.8 Å². The quantitative estimate of drug-likeness (QED) is 0.768. The van der Waals surface area contributed by atoms with Crippen LogP contribution in [0.2, 0.25) is 0 Å². The lowest BCUT2D eigenvalue weighted by Gasteiger charge is -2.16. The molecule has 0 amide bonds. The van der Waals surface area contributed by atoms with Gasteiger partial charge < -0.3 is 10.1 Å². The van der Waals surface area contributed by atoms with Gasteiger partial charge in [0.2, 0.25) is 0 Å². The second kappa shape index (κ2) is 7.67. The number of nitrogens with two attached hydrogens (primary N) is 1. The van der Waals surface area contributed by atoms with Crippen LogP contribution in [0.25, 0.3) is 0 Å². The number of hydrogen-bond acceptors (Lipinski definition) is 2. The molecule has 1 heterocycles. The summed E-state index contributed by atoms with van der Waals surface area (Å²) in [6.07, 6.45) is 4.77. The van der Waals surface area contributed by atoms with E-state index in [4.69, 9.17) is 4.74 Å². The highest BCUT2D eigenvalue weighted by Gasteiger charge is 2.16. The second-order valence-electron chi connectivity index (χ2n) is 4.54. The molecule has 0 radical (unpaired) electrons. The average molecular weight is 257 g/mol. The minimum absolute atomic E-state index is 0.334.